The number of carbonyl (C=O) groups is 2. The number of nitrogens with zero attached hydrogens (tertiary/aromatic N) is 4. The fourth-order valence-electron chi connectivity index (χ4n) is 2.23. The first kappa shape index (κ1) is 17.3. The fourth-order valence-corrected chi connectivity index (χ4v) is 2.35. The number of hydrogen-bond donors (Lipinski definition) is 1. The average Bonchev–Trinajstić information content (AvgIpc) is 3.28. The third-order valence-electron chi connectivity index (χ3n) is 3.76. The number of ether oxygens (including phenoxy) is 1. The maximum absolute atomic E-state index is 12.2. The number of halogens is 1. The molecule has 1 unspecified atom stereocenters. The lowest BCUT2D eigenvalue weighted by atomic mass is 10.2. The molecule has 2 aromatic rings. The summed E-state index contributed by atoms with van der Waals surface area (Å²) in [6, 6.07) is 6.48. The number of amides is 1. The number of benzene rings is 1. The van der Waals surface area contributed by atoms with Gasteiger partial charge in [-0.3, -0.25) is 4.79 Å². The van der Waals surface area contributed by atoms with E-state index < -0.39 is 12.0 Å². The highest BCUT2D eigenvalue weighted by molar-refractivity contribution is 6.30. The molecule has 1 aromatic heterocycles. The van der Waals surface area contributed by atoms with Crippen LogP contribution in [0.4, 0.5) is 0 Å². The maximum Gasteiger partial charge on any atom is 0.333 e. The second kappa shape index (κ2) is 7.60. The molecule has 0 spiro atoms. The van der Waals surface area contributed by atoms with E-state index in [0.717, 1.165) is 18.4 Å². The summed E-state index contributed by atoms with van der Waals surface area (Å²) >= 11 is 5.86. The highest BCUT2D eigenvalue weighted by Gasteiger charge is 2.26. The number of aromatic nitrogens is 4. The monoisotopic (exact) mass is 363 g/mol. The smallest absolute Gasteiger partial charge is 0.333 e. The lowest BCUT2D eigenvalue weighted by Crippen LogP contribution is -2.32. The molecule has 9 heteroatoms. The van der Waals surface area contributed by atoms with Crippen LogP contribution in [-0.2, 0) is 14.3 Å². The summed E-state index contributed by atoms with van der Waals surface area (Å²) < 4.78 is 5.07. The van der Waals surface area contributed by atoms with Crippen molar-refractivity contribution in [3.8, 4) is 11.4 Å². The number of carbonyl (C=O) groups excluding carboxylic acids is 2. The number of rotatable bonds is 7. The van der Waals surface area contributed by atoms with Crippen LogP contribution in [0.1, 0.15) is 32.2 Å². The maximum atomic E-state index is 12.2. The molecule has 1 aliphatic rings. The lowest BCUT2D eigenvalue weighted by molar-refractivity contribution is -0.152. The normalized spacial score (nSPS) is 14.8. The summed E-state index contributed by atoms with van der Waals surface area (Å²) in [6.07, 6.45) is 2.38. The number of nitrogens with one attached hydrogen (secondary N) is 1. The molecule has 3 rings (SSSR count). The molecule has 1 aliphatic carbocycles. The van der Waals surface area contributed by atoms with Crippen molar-refractivity contribution in [3.63, 3.8) is 0 Å². The van der Waals surface area contributed by atoms with Gasteiger partial charge in [-0.05, 0) is 48.7 Å². The minimum atomic E-state index is -0.734. The fraction of sp³-hybridized carbons (Fsp3) is 0.438. The summed E-state index contributed by atoms with van der Waals surface area (Å²) in [4.78, 5) is 25.0. The van der Waals surface area contributed by atoms with Gasteiger partial charge in [0.1, 0.15) is 0 Å². The molecule has 132 valence electrons. The van der Waals surface area contributed by atoms with Crippen molar-refractivity contribution in [1.82, 2.24) is 25.5 Å². The third-order valence-corrected chi connectivity index (χ3v) is 4.01. The van der Waals surface area contributed by atoms with Gasteiger partial charge in [-0.25, -0.2) is 4.79 Å². The zero-order chi connectivity index (χ0) is 17.8. The van der Waals surface area contributed by atoms with Crippen LogP contribution in [0.3, 0.4) is 0 Å². The van der Waals surface area contributed by atoms with Crippen molar-refractivity contribution in [3.05, 3.63) is 29.3 Å². The highest BCUT2D eigenvalue weighted by Crippen LogP contribution is 2.19. The Balaban J connectivity index is 1.62. The zero-order valence-corrected chi connectivity index (χ0v) is 14.4. The SMILES string of the molecule is CCC(C(=O)OCC(=O)NC1CC1)n1nnc(-c2ccc(Cl)cc2)n1. The van der Waals surface area contributed by atoms with E-state index in [1.165, 1.54) is 4.80 Å². The van der Waals surface area contributed by atoms with Crippen LogP contribution in [0.25, 0.3) is 11.4 Å². The van der Waals surface area contributed by atoms with Gasteiger partial charge in [-0.2, -0.15) is 0 Å². The predicted octanol–water partition coefficient (Wildman–Crippen LogP) is 1.77. The van der Waals surface area contributed by atoms with Gasteiger partial charge in [0.05, 0.1) is 0 Å². The van der Waals surface area contributed by atoms with E-state index >= 15 is 0 Å². The molecule has 1 atom stereocenters. The Morgan fingerprint density at radius 2 is 2.08 bits per heavy atom. The average molecular weight is 364 g/mol. The van der Waals surface area contributed by atoms with Gasteiger partial charge in [-0.15, -0.1) is 15.0 Å². The van der Waals surface area contributed by atoms with E-state index in [0.29, 0.717) is 17.3 Å². The molecule has 1 N–H and O–H groups in total. The van der Waals surface area contributed by atoms with Crippen molar-refractivity contribution < 1.29 is 14.3 Å². The van der Waals surface area contributed by atoms with Gasteiger partial charge in [0.2, 0.25) is 5.82 Å². The van der Waals surface area contributed by atoms with Crippen LogP contribution >= 0.6 is 11.6 Å². The first-order valence-corrected chi connectivity index (χ1v) is 8.46. The Kier molecular flexibility index (Phi) is 5.28. The molecule has 0 aliphatic heterocycles. The van der Waals surface area contributed by atoms with E-state index in [4.69, 9.17) is 16.3 Å². The highest BCUT2D eigenvalue weighted by atomic mass is 35.5. The molecule has 1 amide bonds. The van der Waals surface area contributed by atoms with Crippen LogP contribution in [0.5, 0.6) is 0 Å². The molecule has 0 saturated heterocycles. The van der Waals surface area contributed by atoms with E-state index in [1.54, 1.807) is 24.3 Å². The molecular weight excluding hydrogens is 346 g/mol. The number of hydrogen-bond acceptors (Lipinski definition) is 6. The predicted molar refractivity (Wildman–Crippen MR) is 89.7 cm³/mol. The van der Waals surface area contributed by atoms with E-state index in [1.807, 2.05) is 6.92 Å². The Hall–Kier alpha value is -2.48. The van der Waals surface area contributed by atoms with Crippen molar-refractivity contribution in [2.45, 2.75) is 38.3 Å². The molecule has 1 heterocycles. The number of esters is 1. The molecule has 1 saturated carbocycles. The summed E-state index contributed by atoms with van der Waals surface area (Å²) in [5.74, 6) is -0.470. The first-order chi connectivity index (χ1) is 12.1. The van der Waals surface area contributed by atoms with Crippen molar-refractivity contribution >= 4 is 23.5 Å². The van der Waals surface area contributed by atoms with Crippen molar-refractivity contribution in [2.75, 3.05) is 6.61 Å². The summed E-state index contributed by atoms with van der Waals surface area (Å²) in [6.45, 7) is 1.51. The Labute approximate surface area is 149 Å². The molecule has 0 radical (unpaired) electrons. The Bertz CT molecular complexity index is 757. The van der Waals surface area contributed by atoms with Gasteiger partial charge in [0.15, 0.2) is 12.6 Å². The Morgan fingerprint density at radius 1 is 1.36 bits per heavy atom. The zero-order valence-electron chi connectivity index (χ0n) is 13.7. The van der Waals surface area contributed by atoms with Crippen LogP contribution in [0, 0.1) is 0 Å². The summed E-state index contributed by atoms with van der Waals surface area (Å²) in [5.41, 5.74) is 0.739. The molecular formula is C16H18ClN5O3. The minimum Gasteiger partial charge on any atom is -0.454 e. The van der Waals surface area contributed by atoms with Crippen LogP contribution < -0.4 is 5.32 Å². The van der Waals surface area contributed by atoms with Crippen molar-refractivity contribution in [1.29, 1.82) is 0 Å². The van der Waals surface area contributed by atoms with E-state index in [-0.39, 0.29) is 18.6 Å². The molecule has 1 fully saturated rings. The van der Waals surface area contributed by atoms with Crippen LogP contribution in [-0.4, -0.2) is 44.7 Å². The molecule has 25 heavy (non-hydrogen) atoms. The second-order valence-corrected chi connectivity index (χ2v) is 6.25. The molecule has 0 bridgehead atoms. The second-order valence-electron chi connectivity index (χ2n) is 5.81. The molecule has 1 aromatic carbocycles. The van der Waals surface area contributed by atoms with Gasteiger partial charge in [0, 0.05) is 16.6 Å². The van der Waals surface area contributed by atoms with Crippen LogP contribution in [0.2, 0.25) is 5.02 Å². The first-order valence-electron chi connectivity index (χ1n) is 8.08. The lowest BCUT2D eigenvalue weighted by Gasteiger charge is -2.12. The minimum absolute atomic E-state index is 0.229. The molecule has 8 nitrogen and oxygen atoms in total. The number of tetrazole rings is 1. The third kappa shape index (κ3) is 4.54. The Morgan fingerprint density at radius 3 is 2.72 bits per heavy atom. The van der Waals surface area contributed by atoms with E-state index in [9.17, 15) is 9.59 Å². The topological polar surface area (TPSA) is 99.0 Å². The van der Waals surface area contributed by atoms with Gasteiger partial charge < -0.3 is 10.1 Å². The van der Waals surface area contributed by atoms with Crippen LogP contribution in [0.15, 0.2) is 24.3 Å². The quantitative estimate of drug-likeness (QED) is 0.752. The van der Waals surface area contributed by atoms with E-state index in [2.05, 4.69) is 20.7 Å². The van der Waals surface area contributed by atoms with Gasteiger partial charge in [-0.1, -0.05) is 18.5 Å². The van der Waals surface area contributed by atoms with Gasteiger partial charge in [0.25, 0.3) is 5.91 Å². The largest absolute Gasteiger partial charge is 0.454 e. The summed E-state index contributed by atoms with van der Waals surface area (Å²) in [7, 11) is 0. The van der Waals surface area contributed by atoms with Gasteiger partial charge >= 0.3 is 5.97 Å². The summed E-state index contributed by atoms with van der Waals surface area (Å²) in [5, 5.41) is 15.5. The standard InChI is InChI=1S/C16H18ClN5O3/c1-2-13(16(24)25-9-14(23)18-12-7-8-12)22-20-15(19-21-22)10-3-5-11(17)6-4-10/h3-6,12-13H,2,7-9H2,1H3,(H,18,23). The van der Waals surface area contributed by atoms with Crippen molar-refractivity contribution in [2.24, 2.45) is 0 Å².